The van der Waals surface area contributed by atoms with E-state index < -0.39 is 6.10 Å². The van der Waals surface area contributed by atoms with Crippen molar-refractivity contribution in [3.05, 3.63) is 0 Å². The van der Waals surface area contributed by atoms with Gasteiger partial charge in [-0.15, -0.1) is 0 Å². The number of aliphatic hydroxyl groups excluding tert-OH is 2. The first-order valence-corrected chi connectivity index (χ1v) is 9.14. The summed E-state index contributed by atoms with van der Waals surface area (Å²) in [6.45, 7) is 6.82. The summed E-state index contributed by atoms with van der Waals surface area (Å²) in [6.07, 6.45) is 5.95. The maximum absolute atomic E-state index is 12.9. The van der Waals surface area contributed by atoms with E-state index in [9.17, 15) is 15.0 Å². The third kappa shape index (κ3) is 1.57. The van der Waals surface area contributed by atoms with E-state index in [1.807, 2.05) is 0 Å². The highest BCUT2D eigenvalue weighted by Gasteiger charge is 2.68. The number of rotatable bonds is 0. The molecule has 5 saturated carbocycles. The van der Waals surface area contributed by atoms with Crippen LogP contribution in [0.4, 0.5) is 0 Å². The standard InChI is InChI=1S/C19H30O3/c1-17(2)12-5-9-19-8-4-11(15(21)16(19)22)10-13(19)18(12,3)7-6-14(17)20/h11-15,20-21H,4-10H2,1-3H3/t11-,12-,13+,14-,15-,18-,19-/m1/s1. The molecule has 0 aliphatic heterocycles. The molecule has 0 radical (unpaired) electrons. The number of hydrogen-bond donors (Lipinski definition) is 2. The minimum absolute atomic E-state index is 0.0625. The van der Waals surface area contributed by atoms with Crippen LogP contribution < -0.4 is 0 Å². The summed E-state index contributed by atoms with van der Waals surface area (Å²) in [7, 11) is 0. The second-order valence-corrected chi connectivity index (χ2v) is 9.53. The lowest BCUT2D eigenvalue weighted by Gasteiger charge is -2.67. The minimum atomic E-state index is -0.702. The quantitative estimate of drug-likeness (QED) is 0.723. The van der Waals surface area contributed by atoms with Crippen molar-refractivity contribution in [2.45, 2.75) is 77.9 Å². The van der Waals surface area contributed by atoms with Gasteiger partial charge < -0.3 is 10.2 Å². The first-order valence-electron chi connectivity index (χ1n) is 9.14. The van der Waals surface area contributed by atoms with E-state index in [1.54, 1.807) is 0 Å². The Morgan fingerprint density at radius 2 is 1.64 bits per heavy atom. The molecular formula is C19H30O3. The van der Waals surface area contributed by atoms with Gasteiger partial charge in [-0.05, 0) is 73.5 Å². The fourth-order valence-corrected chi connectivity index (χ4v) is 7.27. The molecule has 3 heteroatoms. The van der Waals surface area contributed by atoms with E-state index in [-0.39, 0.29) is 34.1 Å². The van der Waals surface area contributed by atoms with Crippen molar-refractivity contribution in [1.29, 1.82) is 0 Å². The molecule has 22 heavy (non-hydrogen) atoms. The summed E-state index contributed by atoms with van der Waals surface area (Å²) in [6, 6.07) is 0. The van der Waals surface area contributed by atoms with Gasteiger partial charge in [-0.2, -0.15) is 0 Å². The molecule has 0 saturated heterocycles. The molecule has 5 fully saturated rings. The van der Waals surface area contributed by atoms with Gasteiger partial charge >= 0.3 is 0 Å². The van der Waals surface area contributed by atoms with Crippen molar-refractivity contribution in [3.8, 4) is 0 Å². The number of aliphatic hydroxyl groups is 2. The molecule has 0 aromatic rings. The molecule has 0 amide bonds. The predicted octanol–water partition coefficient (Wildman–Crippen LogP) is 2.93. The van der Waals surface area contributed by atoms with Crippen LogP contribution in [0, 0.1) is 34.0 Å². The maximum Gasteiger partial charge on any atom is 0.167 e. The molecule has 5 aliphatic rings. The van der Waals surface area contributed by atoms with Crippen molar-refractivity contribution in [1.82, 2.24) is 0 Å². The summed E-state index contributed by atoms with van der Waals surface area (Å²) in [5, 5.41) is 20.8. The Hall–Kier alpha value is -0.410. The Kier molecular flexibility index (Phi) is 3.00. The van der Waals surface area contributed by atoms with Gasteiger partial charge in [0, 0.05) is 5.41 Å². The Bertz CT molecular complexity index is 513. The molecule has 2 bridgehead atoms. The molecule has 5 rings (SSSR count). The maximum atomic E-state index is 12.9. The van der Waals surface area contributed by atoms with Gasteiger partial charge in [-0.3, -0.25) is 4.79 Å². The molecule has 5 aliphatic carbocycles. The van der Waals surface area contributed by atoms with Crippen LogP contribution >= 0.6 is 0 Å². The number of carbonyl (C=O) groups is 1. The smallest absolute Gasteiger partial charge is 0.167 e. The predicted molar refractivity (Wildman–Crippen MR) is 84.1 cm³/mol. The SMILES string of the molecule is CC1(C)[C@H](O)CC[C@]2(C)[C@@H]1CC[C@]13CC[C@H](C[C@H]12)[C@@H](O)C3=O. The van der Waals surface area contributed by atoms with Crippen molar-refractivity contribution < 1.29 is 15.0 Å². The summed E-state index contributed by atoms with van der Waals surface area (Å²) >= 11 is 0. The van der Waals surface area contributed by atoms with Crippen molar-refractivity contribution in [3.63, 3.8) is 0 Å². The Balaban J connectivity index is 1.77. The van der Waals surface area contributed by atoms with Gasteiger partial charge in [0.25, 0.3) is 0 Å². The lowest BCUT2D eigenvalue weighted by atomic mass is 9.36. The summed E-state index contributed by atoms with van der Waals surface area (Å²) in [4.78, 5) is 12.9. The van der Waals surface area contributed by atoms with Crippen LogP contribution in [-0.4, -0.2) is 28.2 Å². The van der Waals surface area contributed by atoms with E-state index in [0.29, 0.717) is 11.8 Å². The monoisotopic (exact) mass is 306 g/mol. The van der Waals surface area contributed by atoms with E-state index in [0.717, 1.165) is 44.9 Å². The van der Waals surface area contributed by atoms with Crippen LogP contribution in [0.15, 0.2) is 0 Å². The number of hydrogen-bond acceptors (Lipinski definition) is 3. The molecule has 0 aromatic heterocycles. The highest BCUT2D eigenvalue weighted by Crippen LogP contribution is 2.70. The zero-order chi connectivity index (χ0) is 15.9. The molecule has 124 valence electrons. The van der Waals surface area contributed by atoms with Crippen LogP contribution in [0.25, 0.3) is 0 Å². The molecule has 0 aromatic carbocycles. The number of Topliss-reactive ketones (excluding diaryl/α,β-unsaturated/α-hetero) is 1. The number of fused-ring (bicyclic) bond motifs is 3. The zero-order valence-corrected chi connectivity index (χ0v) is 14.1. The lowest BCUT2D eigenvalue weighted by molar-refractivity contribution is -0.215. The molecule has 3 nitrogen and oxygen atoms in total. The molecular weight excluding hydrogens is 276 g/mol. The van der Waals surface area contributed by atoms with Crippen LogP contribution in [0.5, 0.6) is 0 Å². The largest absolute Gasteiger partial charge is 0.393 e. The highest BCUT2D eigenvalue weighted by molar-refractivity contribution is 5.91. The van der Waals surface area contributed by atoms with Gasteiger partial charge in [0.2, 0.25) is 0 Å². The number of carbonyl (C=O) groups excluding carboxylic acids is 1. The second kappa shape index (κ2) is 4.36. The second-order valence-electron chi connectivity index (χ2n) is 9.53. The summed E-state index contributed by atoms with van der Waals surface area (Å²) in [5.74, 6) is 1.25. The van der Waals surface area contributed by atoms with E-state index in [2.05, 4.69) is 20.8 Å². The van der Waals surface area contributed by atoms with E-state index in [1.165, 1.54) is 0 Å². The van der Waals surface area contributed by atoms with Gasteiger partial charge in [0.1, 0.15) is 6.10 Å². The van der Waals surface area contributed by atoms with Gasteiger partial charge in [0.05, 0.1) is 6.10 Å². The zero-order valence-electron chi connectivity index (χ0n) is 14.1. The fraction of sp³-hybridized carbons (Fsp3) is 0.947. The van der Waals surface area contributed by atoms with Gasteiger partial charge in [-0.25, -0.2) is 0 Å². The summed E-state index contributed by atoms with van der Waals surface area (Å²) < 4.78 is 0. The highest BCUT2D eigenvalue weighted by atomic mass is 16.3. The molecule has 0 unspecified atom stereocenters. The Morgan fingerprint density at radius 1 is 0.955 bits per heavy atom. The van der Waals surface area contributed by atoms with Crippen LogP contribution in [-0.2, 0) is 4.79 Å². The normalized spacial score (nSPS) is 56.4. The first-order chi connectivity index (χ1) is 10.2. The van der Waals surface area contributed by atoms with Gasteiger partial charge in [0.15, 0.2) is 5.78 Å². The topological polar surface area (TPSA) is 57.5 Å². The minimum Gasteiger partial charge on any atom is -0.393 e. The van der Waals surface area contributed by atoms with Crippen molar-refractivity contribution in [2.75, 3.05) is 0 Å². The average Bonchev–Trinajstić information content (AvgIpc) is 2.48. The van der Waals surface area contributed by atoms with Crippen LogP contribution in [0.3, 0.4) is 0 Å². The number of ketones is 1. The Morgan fingerprint density at radius 3 is 2.36 bits per heavy atom. The average molecular weight is 306 g/mol. The molecule has 0 heterocycles. The molecule has 2 N–H and O–H groups in total. The third-order valence-electron chi connectivity index (χ3n) is 8.56. The fourth-order valence-electron chi connectivity index (χ4n) is 7.27. The van der Waals surface area contributed by atoms with Crippen LogP contribution in [0.1, 0.15) is 65.7 Å². The van der Waals surface area contributed by atoms with E-state index >= 15 is 0 Å². The third-order valence-corrected chi connectivity index (χ3v) is 8.56. The molecule has 7 atom stereocenters. The first kappa shape index (κ1) is 15.1. The summed E-state index contributed by atoms with van der Waals surface area (Å²) in [5.41, 5.74) is -0.166. The lowest BCUT2D eigenvalue weighted by Crippen LogP contribution is -2.67. The molecule has 1 spiro atoms. The van der Waals surface area contributed by atoms with Crippen LogP contribution in [0.2, 0.25) is 0 Å². The Labute approximate surface area is 133 Å². The van der Waals surface area contributed by atoms with Gasteiger partial charge in [-0.1, -0.05) is 20.8 Å². The van der Waals surface area contributed by atoms with E-state index in [4.69, 9.17) is 0 Å². The van der Waals surface area contributed by atoms with Crippen molar-refractivity contribution in [2.24, 2.45) is 34.0 Å². The van der Waals surface area contributed by atoms with Crippen molar-refractivity contribution >= 4 is 5.78 Å².